The second-order valence-electron chi connectivity index (χ2n) is 5.82. The minimum Gasteiger partial charge on any atom is -0.441 e. The zero-order chi connectivity index (χ0) is 16.2. The van der Waals surface area contributed by atoms with E-state index >= 15 is 0 Å². The van der Waals surface area contributed by atoms with Gasteiger partial charge in [-0.05, 0) is 50.6 Å². The molecule has 1 saturated carbocycles. The van der Waals surface area contributed by atoms with Gasteiger partial charge in [-0.2, -0.15) is 11.8 Å². The summed E-state index contributed by atoms with van der Waals surface area (Å²) in [6.07, 6.45) is 7.08. The normalized spacial score (nSPS) is 20.4. The summed E-state index contributed by atoms with van der Waals surface area (Å²) in [5.41, 5.74) is 1.58. The highest BCUT2D eigenvalue weighted by molar-refractivity contribution is 7.99. The Morgan fingerprint density at radius 3 is 2.96 bits per heavy atom. The minimum absolute atomic E-state index is 0.155. The van der Waals surface area contributed by atoms with Crippen LogP contribution in [-0.4, -0.2) is 28.6 Å². The van der Waals surface area contributed by atoms with Gasteiger partial charge in [-0.25, -0.2) is 9.78 Å². The number of hydrogen-bond acceptors (Lipinski definition) is 4. The number of amides is 2. The van der Waals surface area contributed by atoms with E-state index in [1.807, 2.05) is 43.0 Å². The summed E-state index contributed by atoms with van der Waals surface area (Å²) in [6, 6.07) is 7.63. The van der Waals surface area contributed by atoms with Crippen molar-refractivity contribution in [1.82, 2.24) is 10.3 Å². The molecule has 3 rings (SSSR count). The van der Waals surface area contributed by atoms with Gasteiger partial charge < -0.3 is 15.1 Å². The Labute approximate surface area is 140 Å². The summed E-state index contributed by atoms with van der Waals surface area (Å²) in [5.74, 6) is 1.32. The number of nitrogens with one attached hydrogen (secondary N) is 2. The van der Waals surface area contributed by atoms with Crippen molar-refractivity contribution in [2.24, 2.45) is 0 Å². The first-order chi connectivity index (χ1) is 11.1. The molecule has 0 spiro atoms. The maximum absolute atomic E-state index is 12.1. The van der Waals surface area contributed by atoms with Gasteiger partial charge in [0, 0.05) is 22.5 Å². The van der Waals surface area contributed by atoms with E-state index in [2.05, 4.69) is 21.9 Å². The highest BCUT2D eigenvalue weighted by atomic mass is 32.2. The Balaban J connectivity index is 1.60. The third-order valence-corrected chi connectivity index (χ3v) is 5.14. The van der Waals surface area contributed by atoms with Crippen LogP contribution in [0.2, 0.25) is 0 Å². The molecule has 0 radical (unpaired) electrons. The molecule has 1 fully saturated rings. The highest BCUT2D eigenvalue weighted by Gasteiger charge is 2.25. The van der Waals surface area contributed by atoms with Crippen molar-refractivity contribution in [3.63, 3.8) is 0 Å². The lowest BCUT2D eigenvalue weighted by atomic mass is 10.2. The van der Waals surface area contributed by atoms with Crippen LogP contribution in [0.25, 0.3) is 11.5 Å². The number of urea groups is 1. The van der Waals surface area contributed by atoms with E-state index in [1.165, 1.54) is 6.42 Å². The van der Waals surface area contributed by atoms with E-state index in [9.17, 15) is 4.79 Å². The van der Waals surface area contributed by atoms with Gasteiger partial charge in [0.1, 0.15) is 5.76 Å². The standard InChI is InChI=1S/C17H21N3O2S/c1-11-10-18-16(22-11)12-4-3-5-13(8-12)19-17(21)20-14-6-7-15(9-14)23-2/h3-5,8,10,14-15H,6-7,9H2,1-2H3,(H2,19,20,21)/t14-,15+/m1/s1. The zero-order valence-electron chi connectivity index (χ0n) is 13.3. The zero-order valence-corrected chi connectivity index (χ0v) is 14.2. The van der Waals surface area contributed by atoms with Crippen LogP contribution in [0.5, 0.6) is 0 Å². The molecule has 1 aliphatic rings. The van der Waals surface area contributed by atoms with Crippen LogP contribution in [0, 0.1) is 6.92 Å². The largest absolute Gasteiger partial charge is 0.441 e. The number of nitrogens with zero attached hydrogens (tertiary/aromatic N) is 1. The van der Waals surface area contributed by atoms with Crippen LogP contribution >= 0.6 is 11.8 Å². The molecule has 23 heavy (non-hydrogen) atoms. The van der Waals surface area contributed by atoms with E-state index in [4.69, 9.17) is 4.42 Å². The number of carbonyl (C=O) groups excluding carboxylic acids is 1. The first-order valence-corrected chi connectivity index (χ1v) is 9.06. The van der Waals surface area contributed by atoms with Gasteiger partial charge in [-0.15, -0.1) is 0 Å². The Hall–Kier alpha value is -1.95. The van der Waals surface area contributed by atoms with E-state index in [-0.39, 0.29) is 12.1 Å². The molecule has 0 saturated heterocycles. The van der Waals surface area contributed by atoms with Crippen LogP contribution in [0.4, 0.5) is 10.5 Å². The first kappa shape index (κ1) is 15.9. The number of oxazole rings is 1. The summed E-state index contributed by atoms with van der Waals surface area (Å²) in [6.45, 7) is 1.86. The van der Waals surface area contributed by atoms with Gasteiger partial charge in [0.2, 0.25) is 5.89 Å². The molecule has 2 atom stereocenters. The summed E-state index contributed by atoms with van der Waals surface area (Å²) < 4.78 is 5.52. The van der Waals surface area contributed by atoms with Crippen LogP contribution in [0.15, 0.2) is 34.9 Å². The van der Waals surface area contributed by atoms with Gasteiger partial charge in [0.25, 0.3) is 0 Å². The fourth-order valence-electron chi connectivity index (χ4n) is 2.86. The predicted molar refractivity (Wildman–Crippen MR) is 93.8 cm³/mol. The Morgan fingerprint density at radius 1 is 1.39 bits per heavy atom. The number of aromatic nitrogens is 1. The monoisotopic (exact) mass is 331 g/mol. The Morgan fingerprint density at radius 2 is 2.26 bits per heavy atom. The molecule has 1 aromatic heterocycles. The van der Waals surface area contributed by atoms with Gasteiger partial charge in [0.05, 0.1) is 6.20 Å². The fourth-order valence-corrected chi connectivity index (χ4v) is 3.65. The second kappa shape index (κ2) is 7.08. The third kappa shape index (κ3) is 4.07. The molecule has 5 nitrogen and oxygen atoms in total. The fraction of sp³-hybridized carbons (Fsp3) is 0.412. The van der Waals surface area contributed by atoms with Crippen molar-refractivity contribution in [2.45, 2.75) is 37.5 Å². The molecule has 0 bridgehead atoms. The summed E-state index contributed by atoms with van der Waals surface area (Å²) >= 11 is 1.88. The molecule has 2 N–H and O–H groups in total. The summed E-state index contributed by atoms with van der Waals surface area (Å²) in [4.78, 5) is 16.4. The van der Waals surface area contributed by atoms with Crippen molar-refractivity contribution < 1.29 is 9.21 Å². The van der Waals surface area contributed by atoms with Crippen LogP contribution in [-0.2, 0) is 0 Å². The number of rotatable bonds is 4. The Kier molecular flexibility index (Phi) is 4.91. The molecule has 1 aromatic carbocycles. The number of benzene rings is 1. The molecular formula is C17H21N3O2S. The first-order valence-electron chi connectivity index (χ1n) is 7.77. The number of anilines is 1. The minimum atomic E-state index is -0.155. The summed E-state index contributed by atoms with van der Waals surface area (Å²) in [5, 5.41) is 6.61. The molecule has 6 heteroatoms. The van der Waals surface area contributed by atoms with E-state index in [0.29, 0.717) is 11.1 Å². The van der Waals surface area contributed by atoms with E-state index in [1.54, 1.807) is 6.20 Å². The molecule has 1 aliphatic carbocycles. The maximum atomic E-state index is 12.1. The smallest absolute Gasteiger partial charge is 0.319 e. The van der Waals surface area contributed by atoms with Crippen LogP contribution in [0.3, 0.4) is 0 Å². The van der Waals surface area contributed by atoms with E-state index < -0.39 is 0 Å². The maximum Gasteiger partial charge on any atom is 0.319 e. The number of aryl methyl sites for hydroxylation is 1. The molecule has 2 aromatic rings. The highest BCUT2D eigenvalue weighted by Crippen LogP contribution is 2.28. The van der Waals surface area contributed by atoms with Crippen LogP contribution < -0.4 is 10.6 Å². The van der Waals surface area contributed by atoms with Crippen molar-refractivity contribution in [1.29, 1.82) is 0 Å². The SMILES string of the molecule is CS[C@H]1CC[C@@H](NC(=O)Nc2cccc(-c3ncc(C)o3)c2)C1. The predicted octanol–water partition coefficient (Wildman–Crippen LogP) is 4.06. The quantitative estimate of drug-likeness (QED) is 0.887. The topological polar surface area (TPSA) is 67.2 Å². The van der Waals surface area contributed by atoms with Gasteiger partial charge in [-0.1, -0.05) is 6.07 Å². The van der Waals surface area contributed by atoms with Crippen molar-refractivity contribution in [3.05, 3.63) is 36.2 Å². The molecular weight excluding hydrogens is 310 g/mol. The van der Waals surface area contributed by atoms with Crippen LogP contribution in [0.1, 0.15) is 25.0 Å². The molecule has 0 unspecified atom stereocenters. The third-order valence-electron chi connectivity index (χ3n) is 4.04. The van der Waals surface area contributed by atoms with E-state index in [0.717, 1.165) is 29.9 Å². The van der Waals surface area contributed by atoms with Crippen molar-refractivity contribution >= 4 is 23.5 Å². The molecule has 2 amide bonds. The summed E-state index contributed by atoms with van der Waals surface area (Å²) in [7, 11) is 0. The van der Waals surface area contributed by atoms with Crippen molar-refractivity contribution in [3.8, 4) is 11.5 Å². The Bertz CT molecular complexity index is 686. The number of hydrogen-bond donors (Lipinski definition) is 2. The second-order valence-corrected chi connectivity index (χ2v) is 6.96. The van der Waals surface area contributed by atoms with Gasteiger partial charge in [0.15, 0.2) is 0 Å². The average molecular weight is 331 g/mol. The van der Waals surface area contributed by atoms with Crippen molar-refractivity contribution in [2.75, 3.05) is 11.6 Å². The molecule has 1 heterocycles. The number of carbonyl (C=O) groups is 1. The lowest BCUT2D eigenvalue weighted by molar-refractivity contribution is 0.248. The van der Waals surface area contributed by atoms with Gasteiger partial charge in [-0.3, -0.25) is 0 Å². The molecule has 122 valence electrons. The molecule has 0 aliphatic heterocycles. The van der Waals surface area contributed by atoms with Gasteiger partial charge >= 0.3 is 6.03 Å². The lowest BCUT2D eigenvalue weighted by Gasteiger charge is -2.14. The lowest BCUT2D eigenvalue weighted by Crippen LogP contribution is -2.36. The number of thioether (sulfide) groups is 1. The average Bonchev–Trinajstić information content (AvgIpc) is 3.16.